The van der Waals surface area contributed by atoms with E-state index in [-0.39, 0.29) is 11.1 Å². The summed E-state index contributed by atoms with van der Waals surface area (Å²) in [6, 6.07) is 1.62. The van der Waals surface area contributed by atoms with Gasteiger partial charge >= 0.3 is 5.97 Å². The first-order valence-corrected chi connectivity index (χ1v) is 9.54. The Morgan fingerprint density at radius 3 is 2.81 bits per heavy atom. The number of carbonyl (C=O) groups excluding carboxylic acids is 1. The fourth-order valence-electron chi connectivity index (χ4n) is 2.69. The summed E-state index contributed by atoms with van der Waals surface area (Å²) < 4.78 is 32.5. The number of amidine groups is 1. The van der Waals surface area contributed by atoms with Gasteiger partial charge in [0.2, 0.25) is 0 Å². The number of hydrogen-bond acceptors (Lipinski definition) is 6. The van der Waals surface area contributed by atoms with E-state index in [0.717, 1.165) is 6.07 Å². The predicted molar refractivity (Wildman–Crippen MR) is 98.5 cm³/mol. The van der Waals surface area contributed by atoms with E-state index in [9.17, 15) is 13.6 Å². The zero-order valence-electron chi connectivity index (χ0n) is 13.8. The Balaban J connectivity index is 2.21. The van der Waals surface area contributed by atoms with E-state index in [4.69, 9.17) is 4.74 Å². The molecule has 0 saturated heterocycles. The summed E-state index contributed by atoms with van der Waals surface area (Å²) in [6.07, 6.45) is 1.63. The number of aromatic nitrogens is 1. The van der Waals surface area contributed by atoms with Crippen molar-refractivity contribution in [2.45, 2.75) is 13.0 Å². The molecule has 1 aliphatic rings. The Hall–Kier alpha value is -2.13. The van der Waals surface area contributed by atoms with E-state index in [0.29, 0.717) is 27.4 Å². The Bertz CT molecular complexity index is 913. The van der Waals surface area contributed by atoms with Crippen molar-refractivity contribution in [1.82, 2.24) is 10.3 Å². The summed E-state index contributed by atoms with van der Waals surface area (Å²) in [4.78, 5) is 21.2. The van der Waals surface area contributed by atoms with Crippen LogP contribution >= 0.6 is 27.3 Å². The number of allylic oxidation sites excluding steroid dienone is 1. The number of hydrogen-bond donors (Lipinski definition) is 1. The van der Waals surface area contributed by atoms with E-state index < -0.39 is 23.6 Å². The molecule has 2 heterocycles. The van der Waals surface area contributed by atoms with Gasteiger partial charge in [0, 0.05) is 22.6 Å². The highest BCUT2D eigenvalue weighted by molar-refractivity contribution is 9.09. The zero-order chi connectivity index (χ0) is 18.8. The summed E-state index contributed by atoms with van der Waals surface area (Å²) in [6.45, 7) is 1.46. The van der Waals surface area contributed by atoms with Gasteiger partial charge < -0.3 is 10.1 Å². The van der Waals surface area contributed by atoms with E-state index in [1.54, 1.807) is 11.6 Å². The summed E-state index contributed by atoms with van der Waals surface area (Å²) in [5.41, 5.74) is 1.25. The van der Waals surface area contributed by atoms with E-state index >= 15 is 0 Å². The number of ether oxygens (including phenoxy) is 1. The molecule has 0 spiro atoms. The predicted octanol–water partition coefficient (Wildman–Crippen LogP) is 3.64. The van der Waals surface area contributed by atoms with Gasteiger partial charge in [-0.1, -0.05) is 22.0 Å². The summed E-state index contributed by atoms with van der Waals surface area (Å²) in [7, 11) is 1.26. The van der Waals surface area contributed by atoms with Crippen LogP contribution in [0.5, 0.6) is 0 Å². The molecule has 9 heteroatoms. The van der Waals surface area contributed by atoms with Crippen LogP contribution in [0, 0.1) is 18.6 Å². The van der Waals surface area contributed by atoms with Crippen molar-refractivity contribution in [3.63, 3.8) is 0 Å². The van der Waals surface area contributed by atoms with Gasteiger partial charge in [-0.3, -0.25) is 4.99 Å². The molecule has 0 radical (unpaired) electrons. The fraction of sp³-hybridized carbons (Fsp3) is 0.235. The molecule has 5 nitrogen and oxygen atoms in total. The minimum absolute atomic E-state index is 0.0921. The van der Waals surface area contributed by atoms with E-state index in [2.05, 4.69) is 31.2 Å². The third-order valence-corrected chi connectivity index (χ3v) is 5.32. The summed E-state index contributed by atoms with van der Waals surface area (Å²) >= 11 is 4.72. The minimum atomic E-state index is -0.961. The normalized spacial score (nSPS) is 17.0. The van der Waals surface area contributed by atoms with Crippen molar-refractivity contribution >= 4 is 39.1 Å². The quantitative estimate of drug-likeness (QED) is 0.580. The number of carbonyl (C=O) groups is 1. The maximum Gasteiger partial charge on any atom is 0.338 e. The van der Waals surface area contributed by atoms with E-state index in [1.807, 2.05) is 0 Å². The van der Waals surface area contributed by atoms with Gasteiger partial charge in [0.15, 0.2) is 22.5 Å². The third-order valence-electron chi connectivity index (χ3n) is 3.98. The van der Waals surface area contributed by atoms with Gasteiger partial charge in [-0.05, 0) is 24.1 Å². The van der Waals surface area contributed by atoms with Crippen molar-refractivity contribution in [2.24, 2.45) is 4.99 Å². The molecule has 0 amide bonds. The lowest BCUT2D eigenvalue weighted by molar-refractivity contribution is -0.136. The average molecular weight is 442 g/mol. The lowest BCUT2D eigenvalue weighted by atomic mass is 9.92. The molecule has 1 aromatic heterocycles. The first kappa shape index (κ1) is 18.7. The standard InChI is InChI=1S/C17H14BrF2N3O2S/c1-8-9(3-4-10(19)13(8)20)14-12(17(24)25-2)11(7-18)22-15(23-14)16-21-5-6-26-16/h3-6,14H,7H2,1-2H3,(H,22,23)/t14-/m0/s1. The highest BCUT2D eigenvalue weighted by Crippen LogP contribution is 2.35. The lowest BCUT2D eigenvalue weighted by Gasteiger charge is -2.27. The molecule has 0 saturated carbocycles. The monoisotopic (exact) mass is 441 g/mol. The first-order valence-electron chi connectivity index (χ1n) is 7.54. The molecule has 0 aliphatic carbocycles. The molecule has 1 aromatic carbocycles. The number of aliphatic imine (C=N–C) groups is 1. The second kappa shape index (κ2) is 7.63. The number of rotatable bonds is 4. The Morgan fingerprint density at radius 2 is 2.19 bits per heavy atom. The average Bonchev–Trinajstić information content (AvgIpc) is 3.19. The molecule has 1 atom stereocenters. The first-order chi connectivity index (χ1) is 12.5. The summed E-state index contributed by atoms with van der Waals surface area (Å²) in [5.74, 6) is -2.05. The molecule has 0 bridgehead atoms. The van der Waals surface area contributed by atoms with Gasteiger partial charge in [-0.25, -0.2) is 18.6 Å². The number of nitrogens with zero attached hydrogens (tertiary/aromatic N) is 2. The Labute approximate surface area is 160 Å². The SMILES string of the molecule is COC(=O)C1=C(CBr)NC(c2nccs2)=N[C@H]1c1ccc(F)c(F)c1C. The smallest absolute Gasteiger partial charge is 0.338 e. The van der Waals surface area contributed by atoms with Crippen LogP contribution in [0.15, 0.2) is 40.0 Å². The maximum atomic E-state index is 14.1. The highest BCUT2D eigenvalue weighted by atomic mass is 79.9. The molecule has 3 rings (SSSR count). The Morgan fingerprint density at radius 1 is 1.42 bits per heavy atom. The number of nitrogens with one attached hydrogen (secondary N) is 1. The number of esters is 1. The maximum absolute atomic E-state index is 14.1. The topological polar surface area (TPSA) is 63.6 Å². The molecule has 0 fully saturated rings. The van der Waals surface area contributed by atoms with Crippen LogP contribution in [0.4, 0.5) is 8.78 Å². The van der Waals surface area contributed by atoms with Gasteiger partial charge in [0.1, 0.15) is 6.04 Å². The van der Waals surface area contributed by atoms with E-state index in [1.165, 1.54) is 31.4 Å². The fourth-order valence-corrected chi connectivity index (χ4v) is 3.72. The van der Waals surface area contributed by atoms with Crippen LogP contribution in [0.3, 0.4) is 0 Å². The van der Waals surface area contributed by atoms with Crippen LogP contribution in [0.1, 0.15) is 22.2 Å². The highest BCUT2D eigenvalue weighted by Gasteiger charge is 2.33. The molecular formula is C17H14BrF2N3O2S. The third kappa shape index (κ3) is 3.28. The number of thiazole rings is 1. The van der Waals surface area contributed by atoms with Crippen LogP contribution in [-0.2, 0) is 9.53 Å². The van der Waals surface area contributed by atoms with Gasteiger partial charge in [0.25, 0.3) is 0 Å². The van der Waals surface area contributed by atoms with Gasteiger partial charge in [-0.15, -0.1) is 11.3 Å². The Kier molecular flexibility index (Phi) is 5.47. The molecule has 26 heavy (non-hydrogen) atoms. The molecule has 1 N–H and O–H groups in total. The van der Waals surface area contributed by atoms with Crippen LogP contribution in [0.2, 0.25) is 0 Å². The summed E-state index contributed by atoms with van der Waals surface area (Å²) in [5, 5.41) is 5.82. The van der Waals surface area contributed by atoms with Gasteiger partial charge in [-0.2, -0.15) is 0 Å². The van der Waals surface area contributed by atoms with Crippen LogP contribution < -0.4 is 5.32 Å². The van der Waals surface area contributed by atoms with Crippen LogP contribution in [-0.4, -0.2) is 29.2 Å². The number of alkyl halides is 1. The van der Waals surface area contributed by atoms with Crippen molar-refractivity contribution < 1.29 is 18.3 Å². The van der Waals surface area contributed by atoms with Crippen molar-refractivity contribution in [1.29, 1.82) is 0 Å². The molecule has 136 valence electrons. The lowest BCUT2D eigenvalue weighted by Crippen LogP contribution is -2.34. The second-order valence-corrected chi connectivity index (χ2v) is 6.89. The molecule has 2 aromatic rings. The largest absolute Gasteiger partial charge is 0.466 e. The van der Waals surface area contributed by atoms with Crippen molar-refractivity contribution in [3.05, 3.63) is 62.7 Å². The van der Waals surface area contributed by atoms with Crippen LogP contribution in [0.25, 0.3) is 0 Å². The number of benzene rings is 1. The molecule has 0 unspecified atom stereocenters. The van der Waals surface area contributed by atoms with Crippen molar-refractivity contribution in [3.8, 4) is 0 Å². The molecule has 1 aliphatic heterocycles. The number of methoxy groups -OCH3 is 1. The zero-order valence-corrected chi connectivity index (χ0v) is 16.2. The minimum Gasteiger partial charge on any atom is -0.466 e. The van der Waals surface area contributed by atoms with Crippen molar-refractivity contribution in [2.75, 3.05) is 12.4 Å². The van der Waals surface area contributed by atoms with Gasteiger partial charge in [0.05, 0.1) is 12.7 Å². The number of halogens is 3. The second-order valence-electron chi connectivity index (χ2n) is 5.44. The molecular weight excluding hydrogens is 428 g/mol.